The Morgan fingerprint density at radius 2 is 1.65 bits per heavy atom. The topological polar surface area (TPSA) is 115 Å². The molecular weight excluding hydrogens is 680 g/mol. The van der Waals surface area contributed by atoms with Gasteiger partial charge in [-0.3, -0.25) is 4.90 Å². The van der Waals surface area contributed by atoms with Crippen LogP contribution >= 0.6 is 34.5 Å². The molecule has 248 valence electrons. The first kappa shape index (κ1) is 35.5. The smallest absolute Gasteiger partial charge is 0.430 e. The first-order valence-electron chi connectivity index (χ1n) is 14.1. The summed E-state index contributed by atoms with van der Waals surface area (Å²) in [6.45, 7) is 10.2. The minimum Gasteiger partial charge on any atom is -0.488 e. The maximum atomic E-state index is 13.8. The molecule has 1 aliphatic heterocycles. The number of benzene rings is 2. The molecule has 0 aliphatic carbocycles. The Morgan fingerprint density at radius 1 is 1.04 bits per heavy atom. The van der Waals surface area contributed by atoms with E-state index in [1.54, 1.807) is 53.7 Å². The van der Waals surface area contributed by atoms with Gasteiger partial charge in [-0.2, -0.15) is 0 Å². The largest absolute Gasteiger partial charge is 0.488 e. The highest BCUT2D eigenvalue weighted by molar-refractivity contribution is 7.93. The van der Waals surface area contributed by atoms with Gasteiger partial charge in [-0.1, -0.05) is 41.4 Å². The summed E-state index contributed by atoms with van der Waals surface area (Å²) in [5.41, 5.74) is 0.978. The fraction of sp³-hybridized carbons (Fsp3) is 0.387. The second kappa shape index (κ2) is 13.8. The van der Waals surface area contributed by atoms with Gasteiger partial charge in [0.1, 0.15) is 23.6 Å². The first-order chi connectivity index (χ1) is 21.4. The number of amides is 2. The van der Waals surface area contributed by atoms with Crippen molar-refractivity contribution in [2.45, 2.75) is 70.1 Å². The van der Waals surface area contributed by atoms with E-state index < -0.39 is 50.2 Å². The van der Waals surface area contributed by atoms with Crippen LogP contribution in [0.3, 0.4) is 0 Å². The lowest BCUT2D eigenvalue weighted by Gasteiger charge is -2.37. The molecule has 1 aliphatic rings. The fourth-order valence-corrected chi connectivity index (χ4v) is 7.14. The van der Waals surface area contributed by atoms with Gasteiger partial charge in [0.15, 0.2) is 11.6 Å². The molecule has 1 atom stereocenters. The van der Waals surface area contributed by atoms with Crippen LogP contribution in [0.4, 0.5) is 19.8 Å². The predicted molar refractivity (Wildman–Crippen MR) is 176 cm³/mol. The zero-order valence-corrected chi connectivity index (χ0v) is 29.2. The van der Waals surface area contributed by atoms with Crippen molar-refractivity contribution in [3.05, 3.63) is 74.8 Å². The number of hydrogen-bond acceptors (Lipinski definition) is 9. The Hall–Kier alpha value is -3.39. The molecule has 2 aromatic carbocycles. The van der Waals surface area contributed by atoms with E-state index >= 15 is 0 Å². The highest BCUT2D eigenvalue weighted by Crippen LogP contribution is 2.39. The second-order valence-electron chi connectivity index (χ2n) is 12.3. The minimum atomic E-state index is -4.61. The van der Waals surface area contributed by atoms with Gasteiger partial charge in [0.05, 0.1) is 26.5 Å². The second-order valence-corrected chi connectivity index (χ2v) is 15.6. The lowest BCUT2D eigenvalue weighted by molar-refractivity contribution is 0.0162. The molecule has 0 spiro atoms. The van der Waals surface area contributed by atoms with Crippen molar-refractivity contribution in [3.63, 3.8) is 0 Å². The summed E-state index contributed by atoms with van der Waals surface area (Å²) in [5, 5.41) is 1.05. The molecule has 0 saturated heterocycles. The van der Waals surface area contributed by atoms with Gasteiger partial charge in [-0.25, -0.2) is 27.4 Å². The molecule has 0 radical (unpaired) electrons. The van der Waals surface area contributed by atoms with Crippen LogP contribution in [0.1, 0.15) is 53.5 Å². The Kier molecular flexibility index (Phi) is 10.6. The highest BCUT2D eigenvalue weighted by atomic mass is 35.5. The third-order valence-electron chi connectivity index (χ3n) is 6.36. The van der Waals surface area contributed by atoms with E-state index in [-0.39, 0.29) is 28.2 Å². The predicted octanol–water partition coefficient (Wildman–Crippen LogP) is 8.19. The number of halogens is 3. The number of ether oxygens (including phenoxy) is 3. The molecule has 0 N–H and O–H groups in total. The zero-order chi connectivity index (χ0) is 34.0. The van der Waals surface area contributed by atoms with Gasteiger partial charge >= 0.3 is 12.2 Å². The van der Waals surface area contributed by atoms with Gasteiger partial charge in [-0.05, 0) is 83.4 Å². The summed E-state index contributed by atoms with van der Waals surface area (Å²) < 4.78 is 58.8. The SMILES string of the molecule is CC(C)(C)OC(=O)N1CCC=C(c2ccc(F)cc2)C1COc1c(Cl)cc(S(=O)(=O)N(C(=O)OC(C)(C)C)c2cscn2)cc1Cl. The van der Waals surface area contributed by atoms with Crippen molar-refractivity contribution in [1.29, 1.82) is 0 Å². The summed E-state index contributed by atoms with van der Waals surface area (Å²) in [6, 6.07) is 7.35. The van der Waals surface area contributed by atoms with E-state index in [0.717, 1.165) is 23.5 Å². The molecule has 46 heavy (non-hydrogen) atoms. The Labute approximate surface area is 281 Å². The third-order valence-corrected chi connectivity index (χ3v) is 9.14. The summed E-state index contributed by atoms with van der Waals surface area (Å²) in [5.74, 6) is -0.620. The average molecular weight is 715 g/mol. The number of anilines is 1. The van der Waals surface area contributed by atoms with Crippen LogP contribution in [0.5, 0.6) is 5.75 Å². The number of hydrogen-bond donors (Lipinski definition) is 0. The van der Waals surface area contributed by atoms with Crippen molar-refractivity contribution in [2.24, 2.45) is 0 Å². The van der Waals surface area contributed by atoms with Crippen LogP contribution in [0.25, 0.3) is 5.57 Å². The molecule has 3 aromatic rings. The molecule has 0 bridgehead atoms. The van der Waals surface area contributed by atoms with E-state index in [0.29, 0.717) is 28.4 Å². The molecule has 4 rings (SSSR count). The maximum Gasteiger partial charge on any atom is 0.430 e. The van der Waals surface area contributed by atoms with Gasteiger partial charge in [0, 0.05) is 11.9 Å². The van der Waals surface area contributed by atoms with E-state index in [4.69, 9.17) is 37.4 Å². The third kappa shape index (κ3) is 8.49. The normalized spacial score (nSPS) is 15.6. The number of rotatable bonds is 7. The fourth-order valence-electron chi connectivity index (χ4n) is 4.51. The van der Waals surface area contributed by atoms with Crippen LogP contribution in [-0.2, 0) is 19.5 Å². The standard InChI is InChI=1S/C31H34Cl2FN3O7S2/c1-30(2,3)43-28(38)36-13-7-8-22(19-9-11-20(34)12-10-19)25(36)16-42-27-23(32)14-21(15-24(27)33)46(40,41)37(26-17-45-18-35-26)29(39)44-31(4,5)6/h8-12,14-15,17-18,25H,7,13,16H2,1-6H3. The molecule has 10 nitrogen and oxygen atoms in total. The van der Waals surface area contributed by atoms with Gasteiger partial charge < -0.3 is 14.2 Å². The van der Waals surface area contributed by atoms with E-state index in [9.17, 15) is 22.4 Å². The number of aromatic nitrogens is 1. The molecule has 1 unspecified atom stereocenters. The Morgan fingerprint density at radius 3 is 2.20 bits per heavy atom. The Balaban J connectivity index is 1.67. The zero-order valence-electron chi connectivity index (χ0n) is 26.0. The number of carbonyl (C=O) groups excluding carboxylic acids is 2. The van der Waals surface area contributed by atoms with Crippen molar-refractivity contribution >= 4 is 68.1 Å². The number of thiazole rings is 1. The van der Waals surface area contributed by atoms with Gasteiger partial charge in [-0.15, -0.1) is 15.6 Å². The van der Waals surface area contributed by atoms with Crippen molar-refractivity contribution in [1.82, 2.24) is 9.88 Å². The summed E-state index contributed by atoms with van der Waals surface area (Å²) in [7, 11) is -4.61. The van der Waals surface area contributed by atoms with Crippen LogP contribution < -0.4 is 9.04 Å². The summed E-state index contributed by atoms with van der Waals surface area (Å²) in [6.07, 6.45) is 0.719. The van der Waals surface area contributed by atoms with Gasteiger partial charge in [0.2, 0.25) is 0 Å². The lowest BCUT2D eigenvalue weighted by atomic mass is 9.93. The summed E-state index contributed by atoms with van der Waals surface area (Å²) in [4.78, 5) is 31.4. The minimum absolute atomic E-state index is 0.0482. The van der Waals surface area contributed by atoms with Gasteiger partial charge in [0.25, 0.3) is 10.0 Å². The maximum absolute atomic E-state index is 13.8. The van der Waals surface area contributed by atoms with Crippen LogP contribution in [0.15, 0.2) is 58.3 Å². The van der Waals surface area contributed by atoms with Crippen molar-refractivity contribution in [3.8, 4) is 5.75 Å². The van der Waals surface area contributed by atoms with E-state index in [2.05, 4.69) is 4.98 Å². The molecule has 0 saturated carbocycles. The van der Waals surface area contributed by atoms with Crippen LogP contribution in [0, 0.1) is 5.82 Å². The van der Waals surface area contributed by atoms with Crippen molar-refractivity contribution < 1.29 is 36.6 Å². The molecule has 0 fully saturated rings. The molecule has 2 heterocycles. The summed E-state index contributed by atoms with van der Waals surface area (Å²) >= 11 is 14.2. The first-order valence-corrected chi connectivity index (χ1v) is 17.3. The molecule has 1 aromatic heterocycles. The lowest BCUT2D eigenvalue weighted by Crippen LogP contribution is -2.48. The molecule has 2 amide bonds. The quantitative estimate of drug-likeness (QED) is 0.241. The number of nitrogens with zero attached hydrogens (tertiary/aromatic N) is 3. The van der Waals surface area contributed by atoms with E-state index in [1.165, 1.54) is 27.9 Å². The average Bonchev–Trinajstić information content (AvgIpc) is 3.45. The number of carbonyl (C=O) groups is 2. The monoisotopic (exact) mass is 713 g/mol. The van der Waals surface area contributed by atoms with E-state index in [1.807, 2.05) is 6.08 Å². The van der Waals surface area contributed by atoms with Crippen LogP contribution in [-0.4, -0.2) is 60.9 Å². The highest BCUT2D eigenvalue weighted by Gasteiger charge is 2.38. The van der Waals surface area contributed by atoms with Crippen LogP contribution in [0.2, 0.25) is 10.0 Å². The van der Waals surface area contributed by atoms with Crippen molar-refractivity contribution in [2.75, 3.05) is 17.5 Å². The Bertz CT molecular complexity index is 1700. The molecular formula is C31H34Cl2FN3O7S2. The molecule has 15 heteroatoms. The number of sulfonamides is 1.